The third-order valence-corrected chi connectivity index (χ3v) is 3.61. The second-order valence-electron chi connectivity index (χ2n) is 4.90. The normalized spacial score (nSPS) is 17.4. The van der Waals surface area contributed by atoms with Crippen LogP contribution in [-0.4, -0.2) is 12.6 Å². The summed E-state index contributed by atoms with van der Waals surface area (Å²) in [6.45, 7) is 2.56. The predicted molar refractivity (Wildman–Crippen MR) is 73.2 cm³/mol. The van der Waals surface area contributed by atoms with Crippen LogP contribution in [0.25, 0.3) is 0 Å². The summed E-state index contributed by atoms with van der Waals surface area (Å²) in [4.78, 5) is 11.8. The van der Waals surface area contributed by atoms with Crippen LogP contribution in [0, 0.1) is 0 Å². The molecule has 1 saturated carbocycles. The van der Waals surface area contributed by atoms with E-state index in [1.54, 1.807) is 0 Å². The molecule has 1 aliphatic rings. The zero-order valence-electron chi connectivity index (χ0n) is 10.8. The summed E-state index contributed by atoms with van der Waals surface area (Å²) in [5.74, 6) is 0. The standard InChI is InChI=1S/C14H21N3O/c1-2-16-13(18)17-14(9-3-4-10-14)11-5-7-12(15)8-6-11/h5-8H,2-4,9-10,15H2,1H3,(H2,16,17,18). The molecule has 1 aromatic carbocycles. The van der Waals surface area contributed by atoms with E-state index in [1.807, 2.05) is 31.2 Å². The van der Waals surface area contributed by atoms with Gasteiger partial charge in [-0.25, -0.2) is 4.79 Å². The first-order valence-corrected chi connectivity index (χ1v) is 6.58. The number of nitrogen functional groups attached to an aromatic ring is 1. The molecule has 1 fully saturated rings. The fourth-order valence-electron chi connectivity index (χ4n) is 2.69. The Morgan fingerprint density at radius 1 is 1.28 bits per heavy atom. The molecule has 0 unspecified atom stereocenters. The van der Waals surface area contributed by atoms with Crippen molar-refractivity contribution in [2.75, 3.05) is 12.3 Å². The van der Waals surface area contributed by atoms with E-state index in [9.17, 15) is 4.79 Å². The fourth-order valence-corrected chi connectivity index (χ4v) is 2.69. The summed E-state index contributed by atoms with van der Waals surface area (Å²) in [6, 6.07) is 7.75. The van der Waals surface area contributed by atoms with Gasteiger partial charge in [0.15, 0.2) is 0 Å². The highest BCUT2D eigenvalue weighted by Crippen LogP contribution is 2.38. The van der Waals surface area contributed by atoms with Gasteiger partial charge in [-0.2, -0.15) is 0 Å². The molecule has 0 atom stereocenters. The molecule has 4 heteroatoms. The number of carbonyl (C=O) groups is 1. The Morgan fingerprint density at radius 2 is 1.89 bits per heavy atom. The van der Waals surface area contributed by atoms with Crippen LogP contribution in [-0.2, 0) is 5.54 Å². The van der Waals surface area contributed by atoms with Crippen LogP contribution in [0.1, 0.15) is 38.2 Å². The molecule has 4 nitrogen and oxygen atoms in total. The third-order valence-electron chi connectivity index (χ3n) is 3.61. The molecule has 98 valence electrons. The minimum absolute atomic E-state index is 0.0868. The lowest BCUT2D eigenvalue weighted by atomic mass is 9.88. The lowest BCUT2D eigenvalue weighted by Crippen LogP contribution is -2.48. The van der Waals surface area contributed by atoms with E-state index < -0.39 is 0 Å². The van der Waals surface area contributed by atoms with Crippen molar-refractivity contribution in [3.05, 3.63) is 29.8 Å². The van der Waals surface area contributed by atoms with Crippen LogP contribution in [0.3, 0.4) is 0 Å². The van der Waals surface area contributed by atoms with Crippen molar-refractivity contribution < 1.29 is 4.79 Å². The number of carbonyl (C=O) groups excluding carboxylic acids is 1. The fraction of sp³-hybridized carbons (Fsp3) is 0.500. The number of nitrogens with two attached hydrogens (primary N) is 1. The van der Waals surface area contributed by atoms with Crippen LogP contribution in [0.4, 0.5) is 10.5 Å². The molecule has 4 N–H and O–H groups in total. The quantitative estimate of drug-likeness (QED) is 0.718. The maximum absolute atomic E-state index is 11.8. The molecule has 0 radical (unpaired) electrons. The number of amides is 2. The molecule has 0 saturated heterocycles. The number of anilines is 1. The van der Waals surface area contributed by atoms with Crippen LogP contribution in [0.5, 0.6) is 0 Å². The Kier molecular flexibility index (Phi) is 3.75. The highest BCUT2D eigenvalue weighted by molar-refractivity contribution is 5.75. The molecule has 2 amide bonds. The van der Waals surface area contributed by atoms with Crippen molar-refractivity contribution in [2.45, 2.75) is 38.1 Å². The maximum Gasteiger partial charge on any atom is 0.315 e. The number of nitrogens with one attached hydrogen (secondary N) is 2. The SMILES string of the molecule is CCNC(=O)NC1(c2ccc(N)cc2)CCCC1. The molecule has 18 heavy (non-hydrogen) atoms. The van der Waals surface area contributed by atoms with Gasteiger partial charge >= 0.3 is 6.03 Å². The second kappa shape index (κ2) is 5.29. The highest BCUT2D eigenvalue weighted by Gasteiger charge is 2.36. The topological polar surface area (TPSA) is 67.2 Å². The molecular formula is C14H21N3O. The lowest BCUT2D eigenvalue weighted by molar-refractivity contribution is 0.225. The molecule has 0 aliphatic heterocycles. The van der Waals surface area contributed by atoms with Crippen molar-refractivity contribution in [1.29, 1.82) is 0 Å². The van der Waals surface area contributed by atoms with Gasteiger partial charge in [-0.1, -0.05) is 25.0 Å². The van der Waals surface area contributed by atoms with Crippen molar-refractivity contribution in [2.24, 2.45) is 0 Å². The minimum Gasteiger partial charge on any atom is -0.399 e. The summed E-state index contributed by atoms with van der Waals surface area (Å²) >= 11 is 0. The second-order valence-corrected chi connectivity index (χ2v) is 4.90. The van der Waals surface area contributed by atoms with Crippen molar-refractivity contribution in [1.82, 2.24) is 10.6 Å². The first kappa shape index (κ1) is 12.7. The van der Waals surface area contributed by atoms with E-state index in [4.69, 9.17) is 5.73 Å². The molecule has 0 heterocycles. The Labute approximate surface area is 108 Å². The van der Waals surface area contributed by atoms with Crippen LogP contribution in [0.15, 0.2) is 24.3 Å². The van der Waals surface area contributed by atoms with E-state index >= 15 is 0 Å². The van der Waals surface area contributed by atoms with Crippen LogP contribution in [0.2, 0.25) is 0 Å². The van der Waals surface area contributed by atoms with E-state index in [0.717, 1.165) is 36.9 Å². The van der Waals surface area contributed by atoms with E-state index in [0.29, 0.717) is 6.54 Å². The van der Waals surface area contributed by atoms with Crippen LogP contribution < -0.4 is 16.4 Å². The zero-order chi connectivity index (χ0) is 13.0. The summed E-state index contributed by atoms with van der Waals surface area (Å²) in [6.07, 6.45) is 4.29. The van der Waals surface area contributed by atoms with Crippen molar-refractivity contribution in [3.8, 4) is 0 Å². The zero-order valence-corrected chi connectivity index (χ0v) is 10.8. The lowest BCUT2D eigenvalue weighted by Gasteiger charge is -2.31. The summed E-state index contributed by atoms with van der Waals surface area (Å²) in [7, 11) is 0. The van der Waals surface area contributed by atoms with Gasteiger partial charge in [0, 0.05) is 12.2 Å². The van der Waals surface area contributed by atoms with Gasteiger partial charge in [0.1, 0.15) is 0 Å². The van der Waals surface area contributed by atoms with E-state index in [2.05, 4.69) is 10.6 Å². The molecule has 1 aliphatic carbocycles. The number of urea groups is 1. The first-order chi connectivity index (χ1) is 8.66. The third kappa shape index (κ3) is 2.58. The van der Waals surface area contributed by atoms with Gasteiger partial charge in [-0.15, -0.1) is 0 Å². The first-order valence-electron chi connectivity index (χ1n) is 6.58. The molecular weight excluding hydrogens is 226 g/mol. The number of hydrogen-bond donors (Lipinski definition) is 3. The van der Waals surface area contributed by atoms with Gasteiger partial charge in [-0.3, -0.25) is 0 Å². The number of rotatable bonds is 3. The Morgan fingerprint density at radius 3 is 2.44 bits per heavy atom. The number of benzene rings is 1. The van der Waals surface area contributed by atoms with Gasteiger partial charge in [0.2, 0.25) is 0 Å². The Bertz CT molecular complexity index is 408. The smallest absolute Gasteiger partial charge is 0.315 e. The van der Waals surface area contributed by atoms with Crippen molar-refractivity contribution in [3.63, 3.8) is 0 Å². The Balaban J connectivity index is 2.21. The van der Waals surface area contributed by atoms with E-state index in [1.165, 1.54) is 0 Å². The summed E-state index contributed by atoms with van der Waals surface area (Å²) in [5, 5.41) is 5.94. The van der Waals surface area contributed by atoms with Crippen molar-refractivity contribution >= 4 is 11.7 Å². The number of hydrogen-bond acceptors (Lipinski definition) is 2. The van der Waals surface area contributed by atoms with Gasteiger partial charge in [0.25, 0.3) is 0 Å². The molecule has 2 rings (SSSR count). The average Bonchev–Trinajstić information content (AvgIpc) is 2.79. The van der Waals surface area contributed by atoms with Gasteiger partial charge in [0.05, 0.1) is 5.54 Å². The average molecular weight is 247 g/mol. The summed E-state index contributed by atoms with van der Waals surface area (Å²) < 4.78 is 0. The maximum atomic E-state index is 11.8. The highest BCUT2D eigenvalue weighted by atomic mass is 16.2. The molecule has 0 spiro atoms. The predicted octanol–water partition coefficient (Wildman–Crippen LogP) is 2.36. The van der Waals surface area contributed by atoms with Gasteiger partial charge in [-0.05, 0) is 37.5 Å². The molecule has 1 aromatic rings. The van der Waals surface area contributed by atoms with E-state index in [-0.39, 0.29) is 11.6 Å². The largest absolute Gasteiger partial charge is 0.399 e. The molecule has 0 aromatic heterocycles. The van der Waals surface area contributed by atoms with Crippen LogP contribution >= 0.6 is 0 Å². The Hall–Kier alpha value is -1.71. The van der Waals surface area contributed by atoms with Gasteiger partial charge < -0.3 is 16.4 Å². The summed E-state index contributed by atoms with van der Waals surface area (Å²) in [5.41, 5.74) is 7.41. The minimum atomic E-state index is -0.215. The molecule has 0 bridgehead atoms. The monoisotopic (exact) mass is 247 g/mol.